The first-order valence-electron chi connectivity index (χ1n) is 9.15. The van der Waals surface area contributed by atoms with Crippen LogP contribution in [0.3, 0.4) is 0 Å². The number of amides is 1. The molecule has 27 heavy (non-hydrogen) atoms. The summed E-state index contributed by atoms with van der Waals surface area (Å²) in [6.45, 7) is 1.29. The monoisotopic (exact) mass is 357 g/mol. The number of aromatic nitrogens is 2. The van der Waals surface area contributed by atoms with Crippen molar-refractivity contribution in [3.05, 3.63) is 72.6 Å². The highest BCUT2D eigenvalue weighted by Crippen LogP contribution is 2.27. The molecule has 5 rings (SSSR count). The van der Waals surface area contributed by atoms with Crippen LogP contribution >= 0.6 is 0 Å². The van der Waals surface area contributed by atoms with Gasteiger partial charge in [0.15, 0.2) is 0 Å². The van der Waals surface area contributed by atoms with Gasteiger partial charge in [-0.2, -0.15) is 0 Å². The molecule has 1 atom stereocenters. The summed E-state index contributed by atoms with van der Waals surface area (Å²) in [4.78, 5) is 22.3. The van der Waals surface area contributed by atoms with Gasteiger partial charge in [0.25, 0.3) is 5.91 Å². The molecule has 3 heterocycles. The molecule has 1 aliphatic heterocycles. The molecule has 2 aromatic carbocycles. The van der Waals surface area contributed by atoms with Crippen LogP contribution < -0.4 is 4.74 Å². The van der Waals surface area contributed by atoms with E-state index >= 15 is 0 Å². The maximum absolute atomic E-state index is 12.9. The molecule has 1 fully saturated rings. The normalized spacial score (nSPS) is 16.9. The Balaban J connectivity index is 1.32. The minimum absolute atomic E-state index is 0.0162. The van der Waals surface area contributed by atoms with Gasteiger partial charge in [-0.1, -0.05) is 18.2 Å². The summed E-state index contributed by atoms with van der Waals surface area (Å²) in [6.07, 6.45) is 4.47. The van der Waals surface area contributed by atoms with Gasteiger partial charge in [-0.3, -0.25) is 9.78 Å². The zero-order valence-electron chi connectivity index (χ0n) is 14.8. The van der Waals surface area contributed by atoms with Crippen LogP contribution in [0.4, 0.5) is 0 Å². The summed E-state index contributed by atoms with van der Waals surface area (Å²) in [7, 11) is 0. The number of benzene rings is 2. The van der Waals surface area contributed by atoms with Gasteiger partial charge in [-0.05, 0) is 36.4 Å². The Kier molecular flexibility index (Phi) is 3.78. The van der Waals surface area contributed by atoms with Gasteiger partial charge in [0, 0.05) is 47.2 Å². The van der Waals surface area contributed by atoms with E-state index in [0.29, 0.717) is 13.1 Å². The number of carbonyl (C=O) groups excluding carboxylic acids is 1. The summed E-state index contributed by atoms with van der Waals surface area (Å²) in [5, 5.41) is 2.11. The van der Waals surface area contributed by atoms with Crippen LogP contribution in [-0.4, -0.2) is 40.0 Å². The van der Waals surface area contributed by atoms with Crippen LogP contribution in [0.2, 0.25) is 0 Å². The van der Waals surface area contributed by atoms with Crippen LogP contribution in [0.15, 0.2) is 67.0 Å². The lowest BCUT2D eigenvalue weighted by molar-refractivity contribution is 0.0773. The lowest BCUT2D eigenvalue weighted by Crippen LogP contribution is -2.30. The molecule has 0 saturated carbocycles. The zero-order chi connectivity index (χ0) is 18.2. The maximum atomic E-state index is 12.9. The van der Waals surface area contributed by atoms with E-state index in [4.69, 9.17) is 4.74 Å². The minimum Gasteiger partial charge on any atom is -0.486 e. The van der Waals surface area contributed by atoms with Gasteiger partial charge in [-0.25, -0.2) is 0 Å². The number of hydrogen-bond acceptors (Lipinski definition) is 3. The fourth-order valence-electron chi connectivity index (χ4n) is 3.73. The van der Waals surface area contributed by atoms with Crippen molar-refractivity contribution in [2.75, 3.05) is 13.1 Å². The van der Waals surface area contributed by atoms with Gasteiger partial charge in [-0.15, -0.1) is 0 Å². The predicted octanol–water partition coefficient (Wildman–Crippen LogP) is 4.01. The van der Waals surface area contributed by atoms with Crippen LogP contribution in [0.1, 0.15) is 16.8 Å². The summed E-state index contributed by atoms with van der Waals surface area (Å²) in [5.74, 6) is 0.835. The Bertz CT molecular complexity index is 1130. The number of H-pyrrole nitrogens is 1. The Morgan fingerprint density at radius 2 is 2.04 bits per heavy atom. The van der Waals surface area contributed by atoms with E-state index in [1.165, 1.54) is 0 Å². The second-order valence-electron chi connectivity index (χ2n) is 6.89. The molecule has 1 N–H and O–H groups in total. The van der Waals surface area contributed by atoms with Crippen molar-refractivity contribution in [2.45, 2.75) is 12.5 Å². The quantitative estimate of drug-likeness (QED) is 0.603. The average Bonchev–Trinajstić information content (AvgIpc) is 3.36. The highest BCUT2D eigenvalue weighted by atomic mass is 16.5. The standard InChI is InChI=1S/C22H19N3O2/c26-22(17-6-7-19-16(13-17)8-11-23-19)25-12-9-18(14-25)27-20-5-1-3-15-4-2-10-24-21(15)20/h1-8,10-11,13,18,23H,9,12,14H2. The van der Waals surface area contributed by atoms with Crippen molar-refractivity contribution < 1.29 is 9.53 Å². The Morgan fingerprint density at radius 1 is 1.11 bits per heavy atom. The molecule has 1 unspecified atom stereocenters. The van der Waals surface area contributed by atoms with Gasteiger partial charge in [0.1, 0.15) is 17.4 Å². The number of aromatic amines is 1. The van der Waals surface area contributed by atoms with Crippen LogP contribution in [0, 0.1) is 0 Å². The average molecular weight is 357 g/mol. The second-order valence-corrected chi connectivity index (χ2v) is 6.89. The number of fused-ring (bicyclic) bond motifs is 2. The SMILES string of the molecule is O=C(c1ccc2[nH]ccc2c1)N1CCC(Oc2cccc3cccnc23)C1. The first-order chi connectivity index (χ1) is 13.3. The Hall–Kier alpha value is -3.34. The third kappa shape index (κ3) is 2.91. The lowest BCUT2D eigenvalue weighted by Gasteiger charge is -2.18. The van der Waals surface area contributed by atoms with Gasteiger partial charge >= 0.3 is 0 Å². The van der Waals surface area contributed by atoms with Gasteiger partial charge in [0.05, 0.1) is 6.54 Å². The van der Waals surface area contributed by atoms with Crippen molar-refractivity contribution >= 4 is 27.7 Å². The number of pyridine rings is 1. The molecular formula is C22H19N3O2. The van der Waals surface area contributed by atoms with Gasteiger partial charge in [0.2, 0.25) is 0 Å². The summed E-state index contributed by atoms with van der Waals surface area (Å²) >= 11 is 0. The fourth-order valence-corrected chi connectivity index (χ4v) is 3.73. The van der Waals surface area contributed by atoms with Crippen molar-refractivity contribution in [2.24, 2.45) is 0 Å². The van der Waals surface area contributed by atoms with E-state index < -0.39 is 0 Å². The number of rotatable bonds is 3. The third-order valence-electron chi connectivity index (χ3n) is 5.12. The zero-order valence-corrected chi connectivity index (χ0v) is 14.8. The molecule has 1 aliphatic rings. The molecule has 0 bridgehead atoms. The van der Waals surface area contributed by atoms with Crippen molar-refractivity contribution in [1.82, 2.24) is 14.9 Å². The Labute approximate surface area is 156 Å². The van der Waals surface area contributed by atoms with Crippen molar-refractivity contribution in [1.29, 1.82) is 0 Å². The number of nitrogens with zero attached hydrogens (tertiary/aromatic N) is 2. The number of ether oxygens (including phenoxy) is 1. The molecular weight excluding hydrogens is 338 g/mol. The largest absolute Gasteiger partial charge is 0.486 e. The molecule has 0 spiro atoms. The van der Waals surface area contributed by atoms with E-state index in [1.807, 2.05) is 65.7 Å². The van der Waals surface area contributed by atoms with E-state index in [1.54, 1.807) is 6.20 Å². The van der Waals surface area contributed by atoms with E-state index in [-0.39, 0.29) is 12.0 Å². The topological polar surface area (TPSA) is 58.2 Å². The van der Waals surface area contributed by atoms with E-state index in [9.17, 15) is 4.79 Å². The summed E-state index contributed by atoms with van der Waals surface area (Å²) in [5.41, 5.74) is 2.62. The van der Waals surface area contributed by atoms with Crippen LogP contribution in [-0.2, 0) is 0 Å². The summed E-state index contributed by atoms with van der Waals surface area (Å²) in [6, 6.07) is 17.6. The van der Waals surface area contributed by atoms with Gasteiger partial charge < -0.3 is 14.6 Å². The number of nitrogens with one attached hydrogen (secondary N) is 1. The fraction of sp³-hybridized carbons (Fsp3) is 0.182. The van der Waals surface area contributed by atoms with Crippen LogP contribution in [0.25, 0.3) is 21.8 Å². The lowest BCUT2D eigenvalue weighted by atomic mass is 10.1. The minimum atomic E-state index is -0.0162. The number of likely N-dealkylation sites (tertiary alicyclic amines) is 1. The highest BCUT2D eigenvalue weighted by molar-refractivity contribution is 5.98. The first-order valence-corrected chi connectivity index (χ1v) is 9.15. The smallest absolute Gasteiger partial charge is 0.254 e. The first kappa shape index (κ1) is 15.9. The molecule has 134 valence electrons. The second kappa shape index (κ2) is 6.43. The molecule has 2 aromatic heterocycles. The third-order valence-corrected chi connectivity index (χ3v) is 5.12. The highest BCUT2D eigenvalue weighted by Gasteiger charge is 2.28. The number of hydrogen-bond donors (Lipinski definition) is 1. The molecule has 5 nitrogen and oxygen atoms in total. The van der Waals surface area contributed by atoms with E-state index in [2.05, 4.69) is 9.97 Å². The molecule has 4 aromatic rings. The van der Waals surface area contributed by atoms with E-state index in [0.717, 1.165) is 39.5 Å². The molecule has 1 saturated heterocycles. The van der Waals surface area contributed by atoms with Crippen molar-refractivity contribution in [3.8, 4) is 5.75 Å². The molecule has 5 heteroatoms. The Morgan fingerprint density at radius 3 is 3.00 bits per heavy atom. The summed E-state index contributed by atoms with van der Waals surface area (Å²) < 4.78 is 6.20. The number of para-hydroxylation sites is 1. The molecule has 0 radical (unpaired) electrons. The van der Waals surface area contributed by atoms with Crippen LogP contribution in [0.5, 0.6) is 5.75 Å². The van der Waals surface area contributed by atoms with Crippen molar-refractivity contribution in [3.63, 3.8) is 0 Å². The molecule has 0 aliphatic carbocycles. The predicted molar refractivity (Wildman–Crippen MR) is 105 cm³/mol. The number of carbonyl (C=O) groups is 1. The molecule has 1 amide bonds. The maximum Gasteiger partial charge on any atom is 0.254 e.